The molecule has 308 valence electrons. The van der Waals surface area contributed by atoms with Crippen molar-refractivity contribution in [2.45, 2.75) is 140 Å². The molecule has 4 aromatic rings. The summed E-state index contributed by atoms with van der Waals surface area (Å²) in [7, 11) is -0.572. The van der Waals surface area contributed by atoms with Crippen molar-refractivity contribution < 1.29 is 19.5 Å². The summed E-state index contributed by atoms with van der Waals surface area (Å²) in [4.78, 5) is 5.28. The molecule has 4 aliphatic rings. The molecule has 1 aliphatic heterocycles. The van der Waals surface area contributed by atoms with Crippen LogP contribution in [-0.2, 0) is 19.5 Å². The van der Waals surface area contributed by atoms with E-state index in [2.05, 4.69) is 136 Å². The molecule has 1 heterocycles. The smallest absolute Gasteiger partial charge is 0.114 e. The van der Waals surface area contributed by atoms with Gasteiger partial charge in [-0.15, -0.1) is 23.2 Å². The average Bonchev–Trinajstić information content (AvgIpc) is 3.60. The first-order valence-electron chi connectivity index (χ1n) is 22.0. The van der Waals surface area contributed by atoms with Crippen LogP contribution in [0.5, 0.6) is 0 Å². The maximum absolute atomic E-state index is 8.81. The molecule has 3 aliphatic carbocycles. The molecule has 58 heavy (non-hydrogen) atoms. The van der Waals surface area contributed by atoms with Crippen LogP contribution in [0, 0.1) is 41.5 Å². The van der Waals surface area contributed by atoms with Crippen molar-refractivity contribution in [3.63, 3.8) is 0 Å². The average molecular weight is 919 g/mol. The third kappa shape index (κ3) is 8.43. The van der Waals surface area contributed by atoms with Gasteiger partial charge < -0.3 is 9.80 Å². The van der Waals surface area contributed by atoms with Crippen LogP contribution in [0.2, 0.25) is 0 Å². The molecule has 0 amide bonds. The minimum Gasteiger partial charge on any atom is -0.325 e. The van der Waals surface area contributed by atoms with Crippen LogP contribution in [-0.4, -0.2) is 34.4 Å². The molecular formula is C52H63Cl2N2PRu. The normalized spacial score (nSPS) is 22.2. The van der Waals surface area contributed by atoms with Crippen molar-refractivity contribution in [3.05, 3.63) is 146 Å². The zero-order chi connectivity index (χ0) is 39.8. The van der Waals surface area contributed by atoms with Crippen LogP contribution in [0.3, 0.4) is 0 Å². The van der Waals surface area contributed by atoms with Crippen molar-refractivity contribution in [2.24, 2.45) is 0 Å². The van der Waals surface area contributed by atoms with Crippen LogP contribution in [0.1, 0.15) is 122 Å². The molecule has 2 unspecified atom stereocenters. The van der Waals surface area contributed by atoms with E-state index in [9.17, 15) is 0 Å². The summed E-state index contributed by atoms with van der Waals surface area (Å²) in [5.41, 5.74) is 18.2. The summed E-state index contributed by atoms with van der Waals surface area (Å²) >= 11 is 17.3. The van der Waals surface area contributed by atoms with Gasteiger partial charge >= 0.3 is 0 Å². The third-order valence-corrected chi connectivity index (χ3v) is 18.9. The van der Waals surface area contributed by atoms with E-state index in [4.69, 9.17) is 23.2 Å². The monoisotopic (exact) mass is 918 g/mol. The largest absolute Gasteiger partial charge is 0.325 e. The van der Waals surface area contributed by atoms with Crippen LogP contribution >= 0.6 is 31.1 Å². The zero-order valence-electron chi connectivity index (χ0n) is 35.7. The predicted molar refractivity (Wildman–Crippen MR) is 250 cm³/mol. The minimum absolute atomic E-state index is 0. The van der Waals surface area contributed by atoms with Crippen LogP contribution in [0.25, 0.3) is 5.57 Å². The molecule has 0 spiro atoms. The topological polar surface area (TPSA) is 6.48 Å². The van der Waals surface area contributed by atoms with Gasteiger partial charge in [-0.25, -0.2) is 0 Å². The van der Waals surface area contributed by atoms with E-state index in [0.29, 0.717) is 11.3 Å². The Bertz CT molecular complexity index is 1960. The Labute approximate surface area is 374 Å². The number of hydrogen-bond donors (Lipinski definition) is 0. The molecule has 2 atom stereocenters. The van der Waals surface area contributed by atoms with E-state index in [1.807, 2.05) is 0 Å². The number of aryl methyl sites for hydroxylation is 6. The predicted octanol–water partition coefficient (Wildman–Crippen LogP) is 15.1. The van der Waals surface area contributed by atoms with Crippen molar-refractivity contribution in [2.75, 3.05) is 22.9 Å². The minimum atomic E-state index is -0.572. The molecule has 4 fully saturated rings. The van der Waals surface area contributed by atoms with Crippen molar-refractivity contribution in [1.82, 2.24) is 0 Å². The van der Waals surface area contributed by atoms with Crippen LogP contribution < -0.4 is 9.80 Å². The van der Waals surface area contributed by atoms with Crippen LogP contribution in [0.15, 0.2) is 102 Å². The summed E-state index contributed by atoms with van der Waals surface area (Å²) in [6, 6.07) is 31.7. The molecule has 1 saturated heterocycles. The summed E-state index contributed by atoms with van der Waals surface area (Å²) in [5.74, 6) is 1.27. The molecule has 4 aromatic carbocycles. The Morgan fingerprint density at radius 3 is 1.40 bits per heavy atom. The van der Waals surface area contributed by atoms with Gasteiger partial charge in [-0.1, -0.05) is 143 Å². The summed E-state index contributed by atoms with van der Waals surface area (Å²) in [5, 5.41) is -0.362. The first kappa shape index (κ1) is 43.7. The van der Waals surface area contributed by atoms with E-state index < -0.39 is 12.5 Å². The fourth-order valence-electron chi connectivity index (χ4n) is 11.6. The Kier molecular flexibility index (Phi) is 14.1. The molecule has 0 bridgehead atoms. The molecular weight excluding hydrogens is 856 g/mol. The molecule has 2 nitrogen and oxygen atoms in total. The summed E-state index contributed by atoms with van der Waals surface area (Å²) in [6.45, 7) is 15.4. The summed E-state index contributed by atoms with van der Waals surface area (Å²) in [6.07, 6.45) is 15.1. The third-order valence-electron chi connectivity index (χ3n) is 13.6. The molecule has 3 saturated carbocycles. The summed E-state index contributed by atoms with van der Waals surface area (Å²) < 4.78 is -0.503. The number of anilines is 2. The van der Waals surface area contributed by atoms with E-state index in [0.717, 1.165) is 25.9 Å². The maximum Gasteiger partial charge on any atom is 0.114 e. The van der Waals surface area contributed by atoms with Gasteiger partial charge in [0.05, 0.1) is 9.99 Å². The quantitative estimate of drug-likeness (QED) is 0.104. The SMILES string of the molecule is Cc1cc(C)c(N2CCN(c3c(C)cc(C)cc3C)C2=C2CCC(Cl)(P(C3CCCCC3)C3CCCCC3)C(=C(c3ccccc3)c3ccccc3)C2Cl)c(C)c1.[Ru]. The Hall–Kier alpha value is -2.41. The van der Waals surface area contributed by atoms with Gasteiger partial charge in [0.1, 0.15) is 5.82 Å². The van der Waals surface area contributed by atoms with Gasteiger partial charge in [-0.3, -0.25) is 0 Å². The standard InChI is InChI=1S/C52H63Cl2N2P.Ru/c1-35-31-37(3)49(38(4)32-35)55-29-30-56(50-39(5)33-36(2)34-40(50)6)51(55)45-27-28-52(54,57(43-23-15-9-16-24-43)44-25-17-10-18-26-44)47(48(45)53)46(41-19-11-7-12-20-41)42-21-13-8-14-22-42;/h7-8,11-14,19-22,31-34,43-44,48H,9-10,15-18,23-30H2,1-6H3;. The second-order valence-electron chi connectivity index (χ2n) is 17.8. The van der Waals surface area contributed by atoms with Crippen molar-refractivity contribution in [1.29, 1.82) is 0 Å². The first-order chi connectivity index (χ1) is 27.6. The van der Waals surface area contributed by atoms with Gasteiger partial charge in [0.2, 0.25) is 0 Å². The number of alkyl halides is 2. The van der Waals surface area contributed by atoms with Gasteiger partial charge in [0.15, 0.2) is 0 Å². The molecule has 0 aromatic heterocycles. The molecule has 0 N–H and O–H groups in total. The second kappa shape index (κ2) is 18.7. The molecule has 0 radical (unpaired) electrons. The van der Waals surface area contributed by atoms with E-state index >= 15 is 0 Å². The van der Waals surface area contributed by atoms with Gasteiger partial charge in [-0.2, -0.15) is 0 Å². The number of halogens is 2. The van der Waals surface area contributed by atoms with Gasteiger partial charge in [0.25, 0.3) is 0 Å². The second-order valence-corrected chi connectivity index (χ2v) is 22.2. The number of nitrogens with zero attached hydrogens (tertiary/aromatic N) is 2. The van der Waals surface area contributed by atoms with E-state index in [1.165, 1.54) is 143 Å². The first-order valence-corrected chi connectivity index (χ1v) is 24.3. The fraction of sp³-hybridized carbons (Fsp3) is 0.462. The fourth-order valence-corrected chi connectivity index (χ4v) is 17.8. The van der Waals surface area contributed by atoms with E-state index in [-0.39, 0.29) is 24.9 Å². The van der Waals surface area contributed by atoms with Crippen LogP contribution in [0.4, 0.5) is 11.4 Å². The maximum atomic E-state index is 8.81. The molecule has 6 heteroatoms. The number of allylic oxidation sites excluding steroid dienone is 2. The van der Waals surface area contributed by atoms with Gasteiger partial charge in [0, 0.05) is 43.9 Å². The Morgan fingerprint density at radius 1 is 0.603 bits per heavy atom. The number of rotatable bonds is 7. The Balaban J connectivity index is 0.00000512. The van der Waals surface area contributed by atoms with Crippen molar-refractivity contribution >= 4 is 48.1 Å². The number of benzene rings is 4. The number of hydrogen-bond acceptors (Lipinski definition) is 2. The Morgan fingerprint density at radius 2 is 1.00 bits per heavy atom. The zero-order valence-corrected chi connectivity index (χ0v) is 39.8. The van der Waals surface area contributed by atoms with E-state index in [1.54, 1.807) is 0 Å². The molecule has 8 rings (SSSR count). The van der Waals surface area contributed by atoms with Gasteiger partial charge in [-0.05, 0) is 141 Å². The van der Waals surface area contributed by atoms with Crippen molar-refractivity contribution in [3.8, 4) is 0 Å².